The number of aliphatic hydroxyl groups excluding tert-OH is 1. The van der Waals surface area contributed by atoms with Crippen LogP contribution in [0.15, 0.2) is 39.6 Å². The maximum atomic E-state index is 12.3. The molecule has 1 fully saturated rings. The smallest absolute Gasteiger partial charge is 0.374 e. The van der Waals surface area contributed by atoms with Crippen molar-refractivity contribution in [3.8, 4) is 0 Å². The second kappa shape index (κ2) is 15.3. The van der Waals surface area contributed by atoms with E-state index in [0.29, 0.717) is 31.3 Å². The van der Waals surface area contributed by atoms with Crippen LogP contribution in [0.4, 0.5) is 0 Å². The Balaban J connectivity index is 1.24. The number of thioether (sulfide) groups is 1. The van der Waals surface area contributed by atoms with Gasteiger partial charge in [-0.3, -0.25) is 4.90 Å². The first-order chi connectivity index (χ1) is 19.1. The molecule has 9 nitrogen and oxygen atoms in total. The summed E-state index contributed by atoms with van der Waals surface area (Å²) in [5, 5.41) is 10.3. The van der Waals surface area contributed by atoms with Gasteiger partial charge >= 0.3 is 5.97 Å². The molecule has 1 aromatic carbocycles. The number of fused-ring (bicyclic) bond motifs is 1. The van der Waals surface area contributed by atoms with Crippen LogP contribution < -0.4 is 0 Å². The summed E-state index contributed by atoms with van der Waals surface area (Å²) >= 11 is 1.58. The van der Waals surface area contributed by atoms with Gasteiger partial charge in [-0.25, -0.2) is 4.79 Å². The lowest BCUT2D eigenvalue weighted by molar-refractivity contribution is -0.114. The van der Waals surface area contributed by atoms with Crippen LogP contribution in [0, 0.1) is 11.8 Å². The lowest BCUT2D eigenvalue weighted by Crippen LogP contribution is -2.38. The molecule has 4 rings (SSSR count). The van der Waals surface area contributed by atoms with Crippen molar-refractivity contribution >= 4 is 30.3 Å². The van der Waals surface area contributed by atoms with Crippen molar-refractivity contribution in [1.82, 2.24) is 4.90 Å². The predicted molar refractivity (Wildman–Crippen MR) is 145 cm³/mol. The third-order valence-corrected chi connectivity index (χ3v) is 8.47. The lowest BCUT2D eigenvalue weighted by Gasteiger charge is -2.26. The number of aliphatic hydroxyl groups is 1. The van der Waals surface area contributed by atoms with Crippen LogP contribution in [0.2, 0.25) is 0 Å². The molecule has 3 atom stereocenters. The minimum atomic E-state index is -0.526. The molecule has 1 aliphatic carbocycles. The predicted octanol–water partition coefficient (Wildman–Crippen LogP) is 3.47. The molecule has 1 unspecified atom stereocenters. The molecule has 2 heterocycles. The largest absolute Gasteiger partial charge is 0.458 e. The Morgan fingerprint density at radius 2 is 2.05 bits per heavy atom. The Morgan fingerprint density at radius 1 is 1.21 bits per heavy atom. The second-order valence-electron chi connectivity index (χ2n) is 9.88. The topological polar surface area (TPSA) is 116 Å². The molecule has 0 radical (unpaired) electrons. The van der Waals surface area contributed by atoms with Crippen molar-refractivity contribution in [2.45, 2.75) is 43.3 Å². The fourth-order valence-electron chi connectivity index (χ4n) is 4.93. The van der Waals surface area contributed by atoms with E-state index in [1.807, 2.05) is 18.2 Å². The second-order valence-corrected chi connectivity index (χ2v) is 10.9. The fraction of sp³-hybridized carbons (Fsp3) is 0.552. The van der Waals surface area contributed by atoms with Gasteiger partial charge in [-0.2, -0.15) is 0 Å². The zero-order valence-corrected chi connectivity index (χ0v) is 22.9. The number of esters is 1. The number of hydrogen-bond acceptors (Lipinski definition) is 10. The van der Waals surface area contributed by atoms with Crippen molar-refractivity contribution in [2.75, 3.05) is 51.8 Å². The highest BCUT2D eigenvalue weighted by atomic mass is 32.2. The highest BCUT2D eigenvalue weighted by molar-refractivity contribution is 7.99. The molecule has 10 heteroatoms. The highest BCUT2D eigenvalue weighted by Gasteiger charge is 2.25. The quantitative estimate of drug-likeness (QED) is 0.198. The van der Waals surface area contributed by atoms with E-state index in [4.69, 9.17) is 18.6 Å². The van der Waals surface area contributed by atoms with Crippen LogP contribution in [-0.4, -0.2) is 80.4 Å². The van der Waals surface area contributed by atoms with E-state index in [2.05, 4.69) is 4.90 Å². The molecule has 0 saturated carbocycles. The van der Waals surface area contributed by atoms with Crippen molar-refractivity contribution in [2.24, 2.45) is 11.8 Å². The molecule has 1 aliphatic heterocycles. The third kappa shape index (κ3) is 8.49. The summed E-state index contributed by atoms with van der Waals surface area (Å²) in [5.74, 6) is -0.0959. The first-order valence-electron chi connectivity index (χ1n) is 13.5. The summed E-state index contributed by atoms with van der Waals surface area (Å²) in [4.78, 5) is 38.9. The SMILES string of the molecule is O=CC[C@H](COCc1ccc(C(=O)OCCN2CCOCC2)o1)[C@H](C=O)CSc1cccc2c1CCCC2O. The van der Waals surface area contributed by atoms with Crippen LogP contribution in [0.3, 0.4) is 0 Å². The van der Waals surface area contributed by atoms with Crippen molar-refractivity contribution < 1.29 is 38.1 Å². The Labute approximate surface area is 233 Å². The molecular weight excluding hydrogens is 522 g/mol. The average Bonchev–Trinajstić information content (AvgIpc) is 3.43. The van der Waals surface area contributed by atoms with E-state index in [0.717, 1.165) is 60.9 Å². The molecule has 0 amide bonds. The van der Waals surface area contributed by atoms with Crippen LogP contribution in [0.5, 0.6) is 0 Å². The molecular formula is C29H37NO8S. The van der Waals surface area contributed by atoms with Gasteiger partial charge in [-0.05, 0) is 54.5 Å². The molecule has 1 N–H and O–H groups in total. The standard InChI is InChI=1S/C29H37NO8S/c31-13-9-21(22(17-32)20-39-28-6-2-3-24-25(28)4-1-5-26(24)33)18-36-19-23-7-8-27(38-23)29(34)37-16-12-30-10-14-35-15-11-30/h2-3,6-8,13,17,21-22,26,33H,1,4-5,9-12,14-16,18-20H2/t21-,22-,26?/m1/s1. The van der Waals surface area contributed by atoms with E-state index < -0.39 is 12.1 Å². The summed E-state index contributed by atoms with van der Waals surface area (Å²) in [6.45, 7) is 4.27. The van der Waals surface area contributed by atoms with Gasteiger partial charge in [0.15, 0.2) is 0 Å². The number of carbonyl (C=O) groups is 3. The first-order valence-corrected chi connectivity index (χ1v) is 14.5. The zero-order valence-electron chi connectivity index (χ0n) is 22.1. The first kappa shape index (κ1) is 29.5. The number of rotatable bonds is 15. The number of furan rings is 1. The average molecular weight is 560 g/mol. The molecule has 0 bridgehead atoms. The number of benzene rings is 1. The van der Waals surface area contributed by atoms with E-state index in [1.54, 1.807) is 23.9 Å². The van der Waals surface area contributed by atoms with E-state index in [-0.39, 0.29) is 43.8 Å². The highest BCUT2D eigenvalue weighted by Crippen LogP contribution is 2.37. The van der Waals surface area contributed by atoms with Crippen LogP contribution in [0.1, 0.15) is 52.8 Å². The van der Waals surface area contributed by atoms with Crippen molar-refractivity contribution in [1.29, 1.82) is 0 Å². The Morgan fingerprint density at radius 3 is 2.85 bits per heavy atom. The molecule has 1 saturated heterocycles. The molecule has 212 valence electrons. The van der Waals surface area contributed by atoms with E-state index in [1.165, 1.54) is 0 Å². The minimum absolute atomic E-state index is 0.110. The van der Waals surface area contributed by atoms with E-state index in [9.17, 15) is 19.5 Å². The number of ether oxygens (including phenoxy) is 3. The Bertz CT molecular complexity index is 1080. The molecule has 2 aliphatic rings. The van der Waals surface area contributed by atoms with Crippen molar-refractivity contribution in [3.05, 3.63) is 53.0 Å². The van der Waals surface area contributed by atoms with Gasteiger partial charge in [-0.1, -0.05) is 12.1 Å². The number of nitrogens with zero attached hydrogens (tertiary/aromatic N) is 1. The maximum Gasteiger partial charge on any atom is 0.374 e. The number of aldehydes is 2. The maximum absolute atomic E-state index is 12.3. The van der Waals surface area contributed by atoms with Crippen molar-refractivity contribution in [3.63, 3.8) is 0 Å². The fourth-order valence-corrected chi connectivity index (χ4v) is 6.22. The number of morpholine rings is 1. The van der Waals surface area contributed by atoms with Gasteiger partial charge in [0.1, 0.15) is 31.5 Å². The Kier molecular flexibility index (Phi) is 11.6. The molecule has 2 aromatic rings. The van der Waals surface area contributed by atoms with Gasteiger partial charge in [0, 0.05) is 42.6 Å². The summed E-state index contributed by atoms with van der Waals surface area (Å²) in [7, 11) is 0. The summed E-state index contributed by atoms with van der Waals surface area (Å²) in [5.41, 5.74) is 2.13. The van der Waals surface area contributed by atoms with Crippen LogP contribution in [-0.2, 0) is 36.8 Å². The zero-order chi connectivity index (χ0) is 27.5. The Hall–Kier alpha value is -2.50. The monoisotopic (exact) mass is 559 g/mol. The van der Waals surface area contributed by atoms with Crippen LogP contribution >= 0.6 is 11.8 Å². The van der Waals surface area contributed by atoms with Gasteiger partial charge in [0.2, 0.25) is 5.76 Å². The van der Waals surface area contributed by atoms with Gasteiger partial charge in [0.05, 0.1) is 25.9 Å². The number of carbonyl (C=O) groups excluding carboxylic acids is 3. The summed E-state index contributed by atoms with van der Waals surface area (Å²) in [6, 6.07) is 9.15. The number of hydrogen-bond donors (Lipinski definition) is 1. The van der Waals surface area contributed by atoms with Gasteiger partial charge < -0.3 is 33.3 Å². The minimum Gasteiger partial charge on any atom is -0.458 e. The van der Waals surface area contributed by atoms with Crippen LogP contribution in [0.25, 0.3) is 0 Å². The molecule has 39 heavy (non-hydrogen) atoms. The van der Waals surface area contributed by atoms with Gasteiger partial charge in [-0.15, -0.1) is 11.8 Å². The molecule has 0 spiro atoms. The summed E-state index contributed by atoms with van der Waals surface area (Å²) < 4.78 is 22.0. The summed E-state index contributed by atoms with van der Waals surface area (Å²) in [6.07, 6.45) is 4.09. The molecule has 1 aromatic heterocycles. The van der Waals surface area contributed by atoms with E-state index >= 15 is 0 Å². The third-order valence-electron chi connectivity index (χ3n) is 7.23. The lowest BCUT2D eigenvalue weighted by atomic mass is 9.89. The van der Waals surface area contributed by atoms with Gasteiger partial charge in [0.25, 0.3) is 0 Å². The normalized spacial score (nSPS) is 19.2.